The summed E-state index contributed by atoms with van der Waals surface area (Å²) in [5, 5.41) is 2.43. The lowest BCUT2D eigenvalue weighted by Gasteiger charge is -2.12. The van der Waals surface area contributed by atoms with Gasteiger partial charge in [0.15, 0.2) is 11.5 Å². The van der Waals surface area contributed by atoms with Gasteiger partial charge in [-0.05, 0) is 39.7 Å². The van der Waals surface area contributed by atoms with E-state index in [4.69, 9.17) is 9.47 Å². The number of imide groups is 1. The lowest BCUT2D eigenvalue weighted by molar-refractivity contribution is -0.143. The van der Waals surface area contributed by atoms with Gasteiger partial charge in [-0.1, -0.05) is 12.7 Å². The summed E-state index contributed by atoms with van der Waals surface area (Å²) in [5.41, 5.74) is 0.621. The van der Waals surface area contributed by atoms with Crippen LogP contribution < -0.4 is 14.8 Å². The second kappa shape index (κ2) is 8.52. The number of carbonyl (C=O) groups is 3. The molecule has 0 saturated carbocycles. The van der Waals surface area contributed by atoms with Crippen LogP contribution in [0, 0.1) is 0 Å². The van der Waals surface area contributed by atoms with Crippen molar-refractivity contribution >= 4 is 39.9 Å². The van der Waals surface area contributed by atoms with E-state index >= 15 is 0 Å². The second-order valence-corrected chi connectivity index (χ2v) is 5.94. The molecule has 3 amide bonds. The molecule has 0 aliphatic carbocycles. The minimum atomic E-state index is -0.692. The van der Waals surface area contributed by atoms with Crippen molar-refractivity contribution < 1.29 is 28.6 Å². The van der Waals surface area contributed by atoms with Crippen LogP contribution in [-0.2, 0) is 14.3 Å². The molecule has 2 rings (SSSR count). The van der Waals surface area contributed by atoms with Gasteiger partial charge in [0, 0.05) is 0 Å². The number of hydrogen-bond acceptors (Lipinski definition) is 6. The summed E-state index contributed by atoms with van der Waals surface area (Å²) in [7, 11) is 2.66. The number of esters is 1. The third-order valence-corrected chi connectivity index (χ3v) is 3.97. The van der Waals surface area contributed by atoms with E-state index < -0.39 is 24.5 Å². The number of carbonyl (C=O) groups excluding carboxylic acids is 3. The van der Waals surface area contributed by atoms with Gasteiger partial charge in [0.2, 0.25) is 0 Å². The number of methoxy groups -OCH3 is 2. The van der Waals surface area contributed by atoms with Gasteiger partial charge in [-0.3, -0.25) is 9.59 Å². The smallest absolute Gasteiger partial charge is 0.329 e. The van der Waals surface area contributed by atoms with Crippen LogP contribution in [0.25, 0.3) is 6.08 Å². The fraction of sp³-hybridized carbons (Fsp3) is 0.235. The maximum atomic E-state index is 12.3. The van der Waals surface area contributed by atoms with Crippen molar-refractivity contribution in [3.63, 3.8) is 0 Å². The van der Waals surface area contributed by atoms with Crippen molar-refractivity contribution in [3.05, 3.63) is 40.5 Å². The van der Waals surface area contributed by atoms with Crippen molar-refractivity contribution in [2.24, 2.45) is 0 Å². The van der Waals surface area contributed by atoms with Gasteiger partial charge < -0.3 is 19.5 Å². The topological polar surface area (TPSA) is 94.2 Å². The molecule has 1 saturated heterocycles. The molecule has 0 atom stereocenters. The van der Waals surface area contributed by atoms with Gasteiger partial charge in [0.1, 0.15) is 18.8 Å². The second-order valence-electron chi connectivity index (χ2n) is 5.09. The molecule has 1 aromatic rings. The highest BCUT2D eigenvalue weighted by molar-refractivity contribution is 9.10. The quantitative estimate of drug-likeness (QED) is 0.311. The Hall–Kier alpha value is -2.81. The molecule has 1 aliphatic rings. The molecule has 1 N–H and O–H groups in total. The van der Waals surface area contributed by atoms with E-state index in [0.29, 0.717) is 28.1 Å². The van der Waals surface area contributed by atoms with Gasteiger partial charge in [-0.25, -0.2) is 9.69 Å². The highest BCUT2D eigenvalue weighted by Crippen LogP contribution is 2.37. The molecular formula is C17H17BrN2O6. The molecule has 138 valence electrons. The maximum Gasteiger partial charge on any atom is 0.329 e. The van der Waals surface area contributed by atoms with Crippen LogP contribution in [-0.4, -0.2) is 50.2 Å². The molecule has 8 nitrogen and oxygen atoms in total. The molecule has 26 heavy (non-hydrogen) atoms. The van der Waals surface area contributed by atoms with E-state index in [2.05, 4.69) is 32.6 Å². The van der Waals surface area contributed by atoms with Crippen LogP contribution >= 0.6 is 15.9 Å². The zero-order valence-electron chi connectivity index (χ0n) is 14.2. The summed E-state index contributed by atoms with van der Waals surface area (Å²) in [6.45, 7) is 3.43. The molecule has 1 heterocycles. The molecule has 0 unspecified atom stereocenters. The van der Waals surface area contributed by atoms with Crippen LogP contribution in [0.5, 0.6) is 11.5 Å². The van der Waals surface area contributed by atoms with Crippen LogP contribution in [0.15, 0.2) is 35.0 Å². The largest absolute Gasteiger partial charge is 0.493 e. The van der Waals surface area contributed by atoms with Gasteiger partial charge in [-0.15, -0.1) is 0 Å². The number of nitrogens with one attached hydrogen (secondary N) is 1. The summed E-state index contributed by atoms with van der Waals surface area (Å²) in [6.07, 6.45) is 3.08. The molecule has 0 aromatic heterocycles. The van der Waals surface area contributed by atoms with Gasteiger partial charge in [0.25, 0.3) is 5.91 Å². The summed E-state index contributed by atoms with van der Waals surface area (Å²) < 4.78 is 15.9. The van der Waals surface area contributed by atoms with Crippen molar-refractivity contribution in [1.82, 2.24) is 10.2 Å². The Balaban J connectivity index is 2.30. The van der Waals surface area contributed by atoms with Crippen molar-refractivity contribution in [2.75, 3.05) is 27.4 Å². The van der Waals surface area contributed by atoms with E-state index in [0.717, 1.165) is 4.90 Å². The first-order valence-corrected chi connectivity index (χ1v) is 8.23. The number of urea groups is 1. The summed E-state index contributed by atoms with van der Waals surface area (Å²) in [5.74, 6) is -0.384. The fourth-order valence-corrected chi connectivity index (χ4v) is 2.76. The van der Waals surface area contributed by atoms with E-state index in [-0.39, 0.29) is 5.70 Å². The Morgan fingerprint density at radius 3 is 2.69 bits per heavy atom. The zero-order valence-corrected chi connectivity index (χ0v) is 15.8. The monoisotopic (exact) mass is 424 g/mol. The summed E-state index contributed by atoms with van der Waals surface area (Å²) in [6, 6.07) is 2.66. The summed E-state index contributed by atoms with van der Waals surface area (Å²) >= 11 is 3.39. The summed E-state index contributed by atoms with van der Waals surface area (Å²) in [4.78, 5) is 36.3. The van der Waals surface area contributed by atoms with E-state index in [1.807, 2.05) is 0 Å². The third kappa shape index (κ3) is 4.23. The Morgan fingerprint density at radius 1 is 1.35 bits per heavy atom. The fourth-order valence-electron chi connectivity index (χ4n) is 2.18. The van der Waals surface area contributed by atoms with Crippen LogP contribution in [0.2, 0.25) is 0 Å². The number of halogens is 1. The molecule has 0 spiro atoms. The lowest BCUT2D eigenvalue weighted by atomic mass is 10.1. The van der Waals surface area contributed by atoms with Crippen molar-refractivity contribution in [1.29, 1.82) is 0 Å². The van der Waals surface area contributed by atoms with Crippen LogP contribution in [0.1, 0.15) is 5.56 Å². The highest BCUT2D eigenvalue weighted by Gasteiger charge is 2.35. The van der Waals surface area contributed by atoms with E-state index in [1.165, 1.54) is 20.3 Å². The highest BCUT2D eigenvalue weighted by atomic mass is 79.9. The average molecular weight is 425 g/mol. The van der Waals surface area contributed by atoms with Crippen molar-refractivity contribution in [3.8, 4) is 11.5 Å². The van der Waals surface area contributed by atoms with Gasteiger partial charge in [-0.2, -0.15) is 0 Å². The minimum absolute atomic E-state index is 0.0348. The molecule has 1 aromatic carbocycles. The first kappa shape index (κ1) is 19.5. The first-order chi connectivity index (χ1) is 12.4. The number of rotatable bonds is 7. The molecule has 9 heteroatoms. The standard InChI is InChI=1S/C17H17BrN2O6/c1-4-5-26-15-11(18)6-10(8-13(15)24-2)7-12-16(22)20(17(23)19-12)9-14(21)25-3/h4,6-8H,1,5,9H2,2-3H3,(H,19,23)/b12-7+. The predicted octanol–water partition coefficient (Wildman–Crippen LogP) is 2.09. The Kier molecular flexibility index (Phi) is 6.40. The Morgan fingerprint density at radius 2 is 2.08 bits per heavy atom. The maximum absolute atomic E-state index is 12.3. The number of hydrogen-bond donors (Lipinski definition) is 1. The number of benzene rings is 1. The zero-order chi connectivity index (χ0) is 19.3. The van der Waals surface area contributed by atoms with Crippen LogP contribution in [0.4, 0.5) is 4.79 Å². The molecule has 0 radical (unpaired) electrons. The van der Waals surface area contributed by atoms with Crippen molar-refractivity contribution in [2.45, 2.75) is 0 Å². The van der Waals surface area contributed by atoms with Gasteiger partial charge in [0.05, 0.1) is 18.7 Å². The average Bonchev–Trinajstić information content (AvgIpc) is 2.87. The lowest BCUT2D eigenvalue weighted by Crippen LogP contribution is -2.36. The normalized spacial score (nSPS) is 15.0. The Labute approximate surface area is 158 Å². The molecule has 1 aliphatic heterocycles. The number of nitrogens with zero attached hydrogens (tertiary/aromatic N) is 1. The Bertz CT molecular complexity index is 790. The van der Waals surface area contributed by atoms with E-state index in [9.17, 15) is 14.4 Å². The molecule has 1 fully saturated rings. The van der Waals surface area contributed by atoms with E-state index in [1.54, 1.807) is 18.2 Å². The third-order valence-electron chi connectivity index (χ3n) is 3.39. The van der Waals surface area contributed by atoms with Gasteiger partial charge >= 0.3 is 12.0 Å². The minimum Gasteiger partial charge on any atom is -0.493 e. The predicted molar refractivity (Wildman–Crippen MR) is 96.6 cm³/mol. The first-order valence-electron chi connectivity index (χ1n) is 7.43. The molecular weight excluding hydrogens is 408 g/mol. The van der Waals surface area contributed by atoms with Crippen LogP contribution in [0.3, 0.4) is 0 Å². The number of amides is 3. The molecule has 0 bridgehead atoms. The SMILES string of the molecule is C=CCOc1c(Br)cc(/C=C2/NC(=O)N(CC(=O)OC)C2=O)cc1OC. The number of ether oxygens (including phenoxy) is 3.